The monoisotopic (exact) mass is 604 g/mol. The molecule has 3 heterocycles. The zero-order valence-corrected chi connectivity index (χ0v) is 27.1. The molecule has 2 aliphatic rings. The molecule has 1 aliphatic carbocycles. The summed E-state index contributed by atoms with van der Waals surface area (Å²) in [6.45, 7) is 11.4. The van der Waals surface area contributed by atoms with E-state index >= 15 is 0 Å². The second kappa shape index (κ2) is 13.5. The van der Waals surface area contributed by atoms with Crippen LogP contribution in [0.25, 0.3) is 10.9 Å². The Morgan fingerprint density at radius 1 is 1.02 bits per heavy atom. The molecular weight excluding hydrogens is 556 g/mol. The smallest absolute Gasteiger partial charge is 0.410 e. The Morgan fingerprint density at radius 2 is 1.70 bits per heavy atom. The number of pyridine rings is 1. The summed E-state index contributed by atoms with van der Waals surface area (Å²) in [5.74, 6) is 1.60. The maximum absolute atomic E-state index is 12.8. The number of benzene rings is 1. The third-order valence-corrected chi connectivity index (χ3v) is 8.81. The van der Waals surface area contributed by atoms with E-state index in [2.05, 4.69) is 33.1 Å². The molecule has 3 aromatic rings. The van der Waals surface area contributed by atoms with Crippen LogP contribution < -0.4 is 10.1 Å². The fourth-order valence-corrected chi connectivity index (χ4v) is 6.55. The van der Waals surface area contributed by atoms with Crippen LogP contribution >= 0.6 is 0 Å². The zero-order valence-electron chi connectivity index (χ0n) is 27.1. The highest BCUT2D eigenvalue weighted by Crippen LogP contribution is 2.35. The third kappa shape index (κ3) is 8.08. The lowest BCUT2D eigenvalue weighted by Gasteiger charge is -2.36. The van der Waals surface area contributed by atoms with Crippen LogP contribution in [0.5, 0.6) is 5.75 Å². The van der Waals surface area contributed by atoms with Crippen molar-refractivity contribution < 1.29 is 19.1 Å². The Hall–Kier alpha value is -3.66. The van der Waals surface area contributed by atoms with E-state index in [1.807, 2.05) is 56.9 Å². The number of aromatic nitrogens is 3. The number of hydrogen-bond donors (Lipinski definition) is 1. The molecule has 2 fully saturated rings. The van der Waals surface area contributed by atoms with Gasteiger partial charge in [-0.05, 0) is 103 Å². The summed E-state index contributed by atoms with van der Waals surface area (Å²) in [5, 5.41) is 8.83. The van der Waals surface area contributed by atoms with Crippen molar-refractivity contribution in [1.82, 2.24) is 24.6 Å². The van der Waals surface area contributed by atoms with E-state index in [0.717, 1.165) is 68.5 Å². The van der Waals surface area contributed by atoms with Crippen molar-refractivity contribution in [3.05, 3.63) is 47.9 Å². The SMILES string of the molecule is COc1cc2nn([C@H]3CC[C@H](CN(C)CC4CCN(C(=O)OC(C)(C)C)CC4)CC3)cc2cc1NC(=O)c1cccc(C)n1. The van der Waals surface area contributed by atoms with E-state index in [0.29, 0.717) is 35.0 Å². The number of methoxy groups -OCH3 is 1. The number of amides is 2. The largest absolute Gasteiger partial charge is 0.494 e. The van der Waals surface area contributed by atoms with Gasteiger partial charge in [-0.2, -0.15) is 5.10 Å². The summed E-state index contributed by atoms with van der Waals surface area (Å²) < 4.78 is 13.2. The molecule has 1 aromatic carbocycles. The number of fused-ring (bicyclic) bond motifs is 1. The second-order valence-corrected chi connectivity index (χ2v) is 13.6. The van der Waals surface area contributed by atoms with Crippen molar-refractivity contribution in [2.75, 3.05) is 45.7 Å². The number of nitrogens with one attached hydrogen (secondary N) is 1. The van der Waals surface area contributed by atoms with E-state index < -0.39 is 5.60 Å². The Bertz CT molecular complexity index is 1450. The first-order valence-electron chi connectivity index (χ1n) is 16.0. The highest BCUT2D eigenvalue weighted by Gasteiger charge is 2.29. The van der Waals surface area contributed by atoms with Gasteiger partial charge in [0.2, 0.25) is 0 Å². The molecule has 0 bridgehead atoms. The maximum atomic E-state index is 12.8. The highest BCUT2D eigenvalue weighted by molar-refractivity contribution is 6.05. The lowest BCUT2D eigenvalue weighted by Crippen LogP contribution is -2.43. The number of hydrogen-bond acceptors (Lipinski definition) is 7. The van der Waals surface area contributed by atoms with Crippen LogP contribution in [0.3, 0.4) is 0 Å². The van der Waals surface area contributed by atoms with E-state index in [9.17, 15) is 9.59 Å². The predicted molar refractivity (Wildman–Crippen MR) is 172 cm³/mol. The van der Waals surface area contributed by atoms with Gasteiger partial charge in [0.05, 0.1) is 24.4 Å². The highest BCUT2D eigenvalue weighted by atomic mass is 16.6. The molecule has 1 saturated carbocycles. The average Bonchev–Trinajstić information content (AvgIpc) is 3.39. The summed E-state index contributed by atoms with van der Waals surface area (Å²) >= 11 is 0. The fourth-order valence-electron chi connectivity index (χ4n) is 6.55. The van der Waals surface area contributed by atoms with Crippen LogP contribution in [0.15, 0.2) is 36.5 Å². The summed E-state index contributed by atoms with van der Waals surface area (Å²) in [5.41, 5.74) is 2.17. The van der Waals surface area contributed by atoms with Crippen molar-refractivity contribution >= 4 is 28.6 Å². The number of carbonyl (C=O) groups excluding carboxylic acids is 2. The number of rotatable bonds is 8. The summed E-state index contributed by atoms with van der Waals surface area (Å²) in [6, 6.07) is 9.59. The molecular formula is C34H48N6O4. The molecule has 0 spiro atoms. The quantitative estimate of drug-likeness (QED) is 0.322. The van der Waals surface area contributed by atoms with E-state index in [-0.39, 0.29) is 12.0 Å². The molecule has 1 aliphatic heterocycles. The van der Waals surface area contributed by atoms with E-state index in [1.54, 1.807) is 13.2 Å². The summed E-state index contributed by atoms with van der Waals surface area (Å²) in [6.07, 6.45) is 8.52. The average molecular weight is 605 g/mol. The number of carbonyl (C=O) groups is 2. The molecule has 2 aromatic heterocycles. The Balaban J connectivity index is 1.11. The zero-order chi connectivity index (χ0) is 31.4. The van der Waals surface area contributed by atoms with Crippen LogP contribution in [0.1, 0.15) is 81.5 Å². The minimum Gasteiger partial charge on any atom is -0.494 e. The van der Waals surface area contributed by atoms with Crippen LogP contribution in [0.2, 0.25) is 0 Å². The topological polar surface area (TPSA) is 102 Å². The second-order valence-electron chi connectivity index (χ2n) is 13.6. The van der Waals surface area contributed by atoms with Crippen molar-refractivity contribution in [1.29, 1.82) is 0 Å². The Kier molecular flexibility index (Phi) is 9.78. The lowest BCUT2D eigenvalue weighted by atomic mass is 9.85. The minimum atomic E-state index is -0.450. The maximum Gasteiger partial charge on any atom is 0.410 e. The standard InChI is InChI=1S/C34H48N6O4/c1-23-8-7-9-28(35-23)32(41)36-30-18-26-22-40(37-29(26)19-31(30)43-6)27-12-10-24(11-13-27)20-38(5)21-25-14-16-39(17-15-25)33(42)44-34(2,3)4/h7-9,18-19,22,24-25,27H,10-17,20-21H2,1-6H3,(H,36,41)/t24-,27-. The van der Waals surface area contributed by atoms with Gasteiger partial charge in [0.1, 0.15) is 17.0 Å². The fraction of sp³-hybridized carbons (Fsp3) is 0.588. The van der Waals surface area contributed by atoms with Crippen LogP contribution in [-0.2, 0) is 4.74 Å². The number of aryl methyl sites for hydroxylation is 1. The first kappa shape index (κ1) is 31.8. The predicted octanol–water partition coefficient (Wildman–Crippen LogP) is 6.31. The molecule has 10 heteroatoms. The molecule has 0 radical (unpaired) electrons. The van der Waals surface area contributed by atoms with Gasteiger partial charge in [0.15, 0.2) is 0 Å². The van der Waals surface area contributed by atoms with E-state index in [1.165, 1.54) is 12.8 Å². The molecule has 5 rings (SSSR count). The van der Waals surface area contributed by atoms with Crippen molar-refractivity contribution in [2.45, 2.75) is 77.9 Å². The molecule has 238 valence electrons. The lowest BCUT2D eigenvalue weighted by molar-refractivity contribution is 0.0170. The first-order valence-corrected chi connectivity index (χ1v) is 16.0. The summed E-state index contributed by atoms with van der Waals surface area (Å²) in [4.78, 5) is 33.9. The molecule has 1 N–H and O–H groups in total. The van der Waals surface area contributed by atoms with Gasteiger partial charge in [-0.15, -0.1) is 0 Å². The molecule has 0 unspecified atom stereocenters. The van der Waals surface area contributed by atoms with Crippen molar-refractivity contribution in [3.8, 4) is 5.75 Å². The number of likely N-dealkylation sites (tertiary alicyclic amines) is 1. The summed E-state index contributed by atoms with van der Waals surface area (Å²) in [7, 11) is 3.84. The molecule has 44 heavy (non-hydrogen) atoms. The van der Waals surface area contributed by atoms with Crippen molar-refractivity contribution in [3.63, 3.8) is 0 Å². The molecule has 10 nitrogen and oxygen atoms in total. The van der Waals surface area contributed by atoms with Gasteiger partial charge in [-0.1, -0.05) is 6.07 Å². The number of piperidine rings is 1. The molecule has 1 saturated heterocycles. The number of anilines is 1. The van der Waals surface area contributed by atoms with Gasteiger partial charge >= 0.3 is 6.09 Å². The van der Waals surface area contributed by atoms with Crippen LogP contribution in [0, 0.1) is 18.8 Å². The number of ether oxygens (including phenoxy) is 2. The van der Waals surface area contributed by atoms with Crippen molar-refractivity contribution in [2.24, 2.45) is 11.8 Å². The van der Waals surface area contributed by atoms with Gasteiger partial charge in [0.25, 0.3) is 5.91 Å². The minimum absolute atomic E-state index is 0.187. The molecule has 2 amide bonds. The first-order chi connectivity index (χ1) is 21.0. The van der Waals surface area contributed by atoms with Gasteiger partial charge in [0, 0.05) is 49.5 Å². The Labute approximate surface area is 261 Å². The third-order valence-electron chi connectivity index (χ3n) is 8.81. The van der Waals surface area contributed by atoms with Crippen LogP contribution in [0.4, 0.5) is 10.5 Å². The normalized spacial score (nSPS) is 19.8. The molecule has 0 atom stereocenters. The van der Waals surface area contributed by atoms with Gasteiger partial charge in [-0.3, -0.25) is 9.48 Å². The van der Waals surface area contributed by atoms with Crippen LogP contribution in [-0.4, -0.2) is 82.5 Å². The van der Waals surface area contributed by atoms with Gasteiger partial charge < -0.3 is 24.6 Å². The number of nitrogens with zero attached hydrogens (tertiary/aromatic N) is 5. The van der Waals surface area contributed by atoms with Gasteiger partial charge in [-0.25, -0.2) is 9.78 Å². The Morgan fingerprint density at radius 3 is 2.34 bits per heavy atom. The van der Waals surface area contributed by atoms with E-state index in [4.69, 9.17) is 14.6 Å².